The Morgan fingerprint density at radius 1 is 1.12 bits per heavy atom. The first-order valence-corrected chi connectivity index (χ1v) is 9.19. The number of aryl methyl sites for hydroxylation is 1. The molecule has 7 nitrogen and oxygen atoms in total. The Hall–Kier alpha value is -2.87. The van der Waals surface area contributed by atoms with Crippen LogP contribution in [0.1, 0.15) is 15.9 Å². The van der Waals surface area contributed by atoms with Gasteiger partial charge in [0.2, 0.25) is 0 Å². The highest BCUT2D eigenvalue weighted by Gasteiger charge is 2.12. The Morgan fingerprint density at radius 2 is 1.76 bits per heavy atom. The van der Waals surface area contributed by atoms with Gasteiger partial charge in [-0.25, -0.2) is 8.42 Å². The Balaban J connectivity index is 2.02. The van der Waals surface area contributed by atoms with Crippen molar-refractivity contribution < 1.29 is 22.7 Å². The molecule has 25 heavy (non-hydrogen) atoms. The first-order valence-electron chi connectivity index (χ1n) is 7.30. The number of hydrogen-bond donors (Lipinski definition) is 2. The molecule has 0 aromatic heterocycles. The molecular weight excluding hydrogens is 344 g/mol. The first-order chi connectivity index (χ1) is 11.7. The van der Waals surface area contributed by atoms with E-state index in [0.717, 1.165) is 11.8 Å². The van der Waals surface area contributed by atoms with E-state index in [0.29, 0.717) is 5.69 Å². The summed E-state index contributed by atoms with van der Waals surface area (Å²) in [4.78, 5) is 23.5. The summed E-state index contributed by atoms with van der Waals surface area (Å²) in [6.07, 6.45) is 1.10. The second-order valence-corrected chi connectivity index (χ2v) is 7.51. The zero-order valence-electron chi connectivity index (χ0n) is 13.8. The van der Waals surface area contributed by atoms with Crippen LogP contribution in [0, 0.1) is 6.92 Å². The van der Waals surface area contributed by atoms with Gasteiger partial charge in [-0.15, -0.1) is 0 Å². The third-order valence-electron chi connectivity index (χ3n) is 3.33. The van der Waals surface area contributed by atoms with Gasteiger partial charge in [-0.05, 0) is 48.9 Å². The zero-order chi connectivity index (χ0) is 18.6. The summed E-state index contributed by atoms with van der Waals surface area (Å²) in [5.74, 6) is -0.870. The molecule has 132 valence electrons. The molecule has 0 aliphatic rings. The van der Waals surface area contributed by atoms with Crippen molar-refractivity contribution in [2.24, 2.45) is 5.73 Å². The Labute approximate surface area is 145 Å². The number of carbonyl (C=O) groups is 2. The van der Waals surface area contributed by atoms with Crippen molar-refractivity contribution in [3.63, 3.8) is 0 Å². The summed E-state index contributed by atoms with van der Waals surface area (Å²) in [7, 11) is -3.29. The number of rotatable bonds is 6. The molecule has 0 aliphatic heterocycles. The summed E-state index contributed by atoms with van der Waals surface area (Å²) in [5, 5.41) is 2.58. The predicted molar refractivity (Wildman–Crippen MR) is 93.4 cm³/mol. The molecule has 2 amide bonds. The van der Waals surface area contributed by atoms with Crippen molar-refractivity contribution in [2.45, 2.75) is 11.8 Å². The molecule has 0 aliphatic carbocycles. The van der Waals surface area contributed by atoms with Gasteiger partial charge in [-0.2, -0.15) is 0 Å². The lowest BCUT2D eigenvalue weighted by Crippen LogP contribution is -2.21. The van der Waals surface area contributed by atoms with Crippen LogP contribution in [-0.2, 0) is 14.6 Å². The highest BCUT2D eigenvalue weighted by molar-refractivity contribution is 7.90. The van der Waals surface area contributed by atoms with Gasteiger partial charge in [0.15, 0.2) is 16.4 Å². The van der Waals surface area contributed by atoms with E-state index >= 15 is 0 Å². The van der Waals surface area contributed by atoms with Gasteiger partial charge in [0.25, 0.3) is 11.8 Å². The van der Waals surface area contributed by atoms with Crippen molar-refractivity contribution >= 4 is 27.3 Å². The Bertz CT molecular complexity index is 905. The molecule has 3 N–H and O–H groups in total. The third-order valence-corrected chi connectivity index (χ3v) is 4.46. The fraction of sp³-hybridized carbons (Fsp3) is 0.176. The fourth-order valence-electron chi connectivity index (χ4n) is 2.08. The molecule has 0 heterocycles. The van der Waals surface area contributed by atoms with E-state index in [1.54, 1.807) is 12.1 Å². The van der Waals surface area contributed by atoms with Crippen LogP contribution < -0.4 is 15.8 Å². The summed E-state index contributed by atoms with van der Waals surface area (Å²) in [5.41, 5.74) is 6.75. The third kappa shape index (κ3) is 5.05. The number of ether oxygens (including phenoxy) is 1. The van der Waals surface area contributed by atoms with E-state index in [4.69, 9.17) is 10.5 Å². The van der Waals surface area contributed by atoms with E-state index < -0.39 is 21.7 Å². The number of primary amides is 1. The van der Waals surface area contributed by atoms with Gasteiger partial charge in [0, 0.05) is 11.9 Å². The molecule has 0 bridgehead atoms. The zero-order valence-corrected chi connectivity index (χ0v) is 14.6. The number of nitrogens with one attached hydrogen (secondary N) is 1. The number of benzene rings is 2. The minimum atomic E-state index is -3.29. The van der Waals surface area contributed by atoms with E-state index in [1.807, 2.05) is 6.92 Å². The van der Waals surface area contributed by atoms with Crippen molar-refractivity contribution in [3.05, 3.63) is 53.6 Å². The molecule has 2 aromatic carbocycles. The standard InChI is InChI=1S/C17H18N2O5S/c1-11-3-8-14(17(18)21)15(9-11)24-10-16(20)19-12-4-6-13(7-5-12)25(2,22)23/h3-9H,10H2,1-2H3,(H2,18,21)(H,19,20). The maximum atomic E-state index is 12.0. The number of hydrogen-bond acceptors (Lipinski definition) is 5. The highest BCUT2D eigenvalue weighted by Crippen LogP contribution is 2.20. The number of carbonyl (C=O) groups excluding carboxylic acids is 2. The fourth-order valence-corrected chi connectivity index (χ4v) is 2.71. The van der Waals surface area contributed by atoms with Crippen molar-refractivity contribution in [2.75, 3.05) is 18.2 Å². The van der Waals surface area contributed by atoms with Gasteiger partial charge < -0.3 is 15.8 Å². The molecule has 8 heteroatoms. The van der Waals surface area contributed by atoms with Crippen LogP contribution in [-0.4, -0.2) is 33.1 Å². The van der Waals surface area contributed by atoms with Crippen molar-refractivity contribution in [1.29, 1.82) is 0 Å². The molecule has 0 saturated carbocycles. The molecule has 0 spiro atoms. The second kappa shape index (κ2) is 7.35. The van der Waals surface area contributed by atoms with Crippen molar-refractivity contribution in [3.8, 4) is 5.75 Å². The molecule has 0 radical (unpaired) electrons. The summed E-state index contributed by atoms with van der Waals surface area (Å²) in [6, 6.07) is 10.6. The average Bonchev–Trinajstić information content (AvgIpc) is 2.52. The Kier molecular flexibility index (Phi) is 5.43. The molecule has 0 atom stereocenters. The second-order valence-electron chi connectivity index (χ2n) is 5.50. The SMILES string of the molecule is Cc1ccc(C(N)=O)c(OCC(=O)Nc2ccc(S(C)(=O)=O)cc2)c1. The van der Waals surface area contributed by atoms with Crippen molar-refractivity contribution in [1.82, 2.24) is 0 Å². The lowest BCUT2D eigenvalue weighted by atomic mass is 10.1. The number of amides is 2. The number of nitrogens with two attached hydrogens (primary N) is 1. The number of anilines is 1. The predicted octanol–water partition coefficient (Wildman–Crippen LogP) is 1.51. The monoisotopic (exact) mass is 362 g/mol. The topological polar surface area (TPSA) is 116 Å². The van der Waals surface area contributed by atoms with Gasteiger partial charge in [0.05, 0.1) is 10.5 Å². The van der Waals surface area contributed by atoms with Crippen LogP contribution in [0.3, 0.4) is 0 Å². The first kappa shape index (κ1) is 18.5. The molecular formula is C17H18N2O5S. The van der Waals surface area contributed by atoms with Crippen LogP contribution in [0.5, 0.6) is 5.75 Å². The van der Waals surface area contributed by atoms with Crippen LogP contribution in [0.25, 0.3) is 0 Å². The Morgan fingerprint density at radius 3 is 2.32 bits per heavy atom. The van der Waals surface area contributed by atoms with E-state index in [2.05, 4.69) is 5.32 Å². The average molecular weight is 362 g/mol. The minimum absolute atomic E-state index is 0.160. The molecule has 0 fully saturated rings. The van der Waals surface area contributed by atoms with Crippen LogP contribution in [0.2, 0.25) is 0 Å². The summed E-state index contributed by atoms with van der Waals surface area (Å²) in [6.45, 7) is 1.50. The van der Waals surface area contributed by atoms with Gasteiger partial charge in [-0.3, -0.25) is 9.59 Å². The maximum Gasteiger partial charge on any atom is 0.262 e. The molecule has 0 saturated heterocycles. The highest BCUT2D eigenvalue weighted by atomic mass is 32.2. The van der Waals surface area contributed by atoms with Crippen LogP contribution >= 0.6 is 0 Å². The van der Waals surface area contributed by atoms with Gasteiger partial charge >= 0.3 is 0 Å². The normalized spacial score (nSPS) is 11.0. The lowest BCUT2D eigenvalue weighted by molar-refractivity contribution is -0.118. The molecule has 2 rings (SSSR count). The quantitative estimate of drug-likeness (QED) is 0.808. The van der Waals surface area contributed by atoms with Crippen LogP contribution in [0.15, 0.2) is 47.4 Å². The van der Waals surface area contributed by atoms with Gasteiger partial charge in [-0.1, -0.05) is 6.07 Å². The van der Waals surface area contributed by atoms with E-state index in [1.165, 1.54) is 30.3 Å². The summed E-state index contributed by atoms with van der Waals surface area (Å²) >= 11 is 0. The summed E-state index contributed by atoms with van der Waals surface area (Å²) < 4.78 is 28.2. The maximum absolute atomic E-state index is 12.0. The molecule has 2 aromatic rings. The molecule has 0 unspecified atom stereocenters. The van der Waals surface area contributed by atoms with Crippen LogP contribution in [0.4, 0.5) is 5.69 Å². The smallest absolute Gasteiger partial charge is 0.262 e. The number of sulfone groups is 1. The largest absolute Gasteiger partial charge is 0.483 e. The van der Waals surface area contributed by atoms with E-state index in [-0.39, 0.29) is 22.8 Å². The lowest BCUT2D eigenvalue weighted by Gasteiger charge is -2.11. The minimum Gasteiger partial charge on any atom is -0.483 e. The van der Waals surface area contributed by atoms with E-state index in [9.17, 15) is 18.0 Å². The van der Waals surface area contributed by atoms with Gasteiger partial charge in [0.1, 0.15) is 5.75 Å².